The van der Waals surface area contributed by atoms with Crippen LogP contribution in [0.1, 0.15) is 25.8 Å². The first-order valence-electron chi connectivity index (χ1n) is 8.87. The van der Waals surface area contributed by atoms with E-state index < -0.39 is 0 Å². The van der Waals surface area contributed by atoms with Gasteiger partial charge in [-0.2, -0.15) is 0 Å². The molecule has 2 aromatic heterocycles. The van der Waals surface area contributed by atoms with Crippen molar-refractivity contribution in [2.45, 2.75) is 30.8 Å². The third kappa shape index (κ3) is 3.70. The molecule has 0 bridgehead atoms. The van der Waals surface area contributed by atoms with E-state index in [1.165, 1.54) is 11.8 Å². The zero-order valence-corrected chi connectivity index (χ0v) is 17.0. The van der Waals surface area contributed by atoms with Gasteiger partial charge in [0.1, 0.15) is 0 Å². The highest BCUT2D eigenvalue weighted by Crippen LogP contribution is 2.27. The first kappa shape index (κ1) is 18.8. The number of hydrogen-bond donors (Lipinski definition) is 0. The van der Waals surface area contributed by atoms with Crippen LogP contribution in [0.25, 0.3) is 22.2 Å². The van der Waals surface area contributed by atoms with Gasteiger partial charge in [0.2, 0.25) is 5.89 Å². The average Bonchev–Trinajstić information content (AvgIpc) is 3.15. The summed E-state index contributed by atoms with van der Waals surface area (Å²) in [4.78, 5) is 21.9. The third-order valence-corrected chi connectivity index (χ3v) is 5.45. The van der Waals surface area contributed by atoms with Gasteiger partial charge in [-0.1, -0.05) is 47.6 Å². The van der Waals surface area contributed by atoms with Crippen molar-refractivity contribution < 1.29 is 4.42 Å². The van der Waals surface area contributed by atoms with Gasteiger partial charge in [-0.3, -0.25) is 9.36 Å². The maximum atomic E-state index is 12.9. The fourth-order valence-electron chi connectivity index (χ4n) is 2.96. The molecule has 4 aromatic rings. The summed E-state index contributed by atoms with van der Waals surface area (Å²) in [7, 11) is 0. The monoisotopic (exact) mass is 411 g/mol. The Balaban J connectivity index is 1.63. The number of aromatic nitrogens is 3. The number of para-hydroxylation sites is 1. The van der Waals surface area contributed by atoms with E-state index >= 15 is 0 Å². The largest absolute Gasteiger partial charge is 0.440 e. The number of halogens is 1. The molecule has 0 unspecified atom stereocenters. The summed E-state index contributed by atoms with van der Waals surface area (Å²) in [6.07, 6.45) is 1.69. The van der Waals surface area contributed by atoms with Gasteiger partial charge in [-0.15, -0.1) is 0 Å². The Morgan fingerprint density at radius 3 is 2.79 bits per heavy atom. The number of hydrogen-bond acceptors (Lipinski definition) is 5. The van der Waals surface area contributed by atoms with E-state index in [1.807, 2.05) is 62.4 Å². The Hall–Kier alpha value is -2.57. The maximum absolute atomic E-state index is 12.9. The summed E-state index contributed by atoms with van der Waals surface area (Å²) in [5.41, 5.74) is 1.54. The van der Waals surface area contributed by atoms with E-state index in [4.69, 9.17) is 16.0 Å². The molecule has 2 heterocycles. The molecule has 7 heteroatoms. The van der Waals surface area contributed by atoms with Crippen molar-refractivity contribution in [3.8, 4) is 11.3 Å². The quantitative estimate of drug-likeness (QED) is 0.317. The fraction of sp³-hybridized carbons (Fsp3) is 0.190. The minimum Gasteiger partial charge on any atom is -0.440 e. The molecule has 0 spiro atoms. The van der Waals surface area contributed by atoms with Crippen molar-refractivity contribution in [3.05, 3.63) is 76.0 Å². The number of nitrogens with zero attached hydrogens (tertiary/aromatic N) is 3. The lowest BCUT2D eigenvalue weighted by Gasteiger charge is -2.15. The molecular formula is C21H18ClN3O2S. The van der Waals surface area contributed by atoms with Gasteiger partial charge in [0.15, 0.2) is 10.9 Å². The first-order chi connectivity index (χ1) is 13.5. The van der Waals surface area contributed by atoms with Crippen LogP contribution < -0.4 is 5.56 Å². The molecule has 0 aliphatic carbocycles. The Bertz CT molecular complexity index is 1200. The Kier molecular flexibility index (Phi) is 5.24. The van der Waals surface area contributed by atoms with E-state index in [0.717, 1.165) is 5.56 Å². The van der Waals surface area contributed by atoms with Crippen molar-refractivity contribution in [3.63, 3.8) is 0 Å². The Morgan fingerprint density at radius 2 is 2.00 bits per heavy atom. The van der Waals surface area contributed by atoms with Gasteiger partial charge in [0.05, 0.1) is 22.9 Å². The molecule has 0 N–H and O–H groups in total. The molecule has 4 rings (SSSR count). The molecule has 0 radical (unpaired) electrons. The molecule has 0 aliphatic rings. The predicted molar refractivity (Wildman–Crippen MR) is 113 cm³/mol. The second kappa shape index (κ2) is 7.81. The zero-order valence-electron chi connectivity index (χ0n) is 15.4. The molecule has 0 atom stereocenters. The van der Waals surface area contributed by atoms with Crippen LogP contribution in [0.2, 0.25) is 5.02 Å². The summed E-state index contributed by atoms with van der Waals surface area (Å²) < 4.78 is 7.57. The average molecular weight is 412 g/mol. The molecule has 0 saturated carbocycles. The van der Waals surface area contributed by atoms with Crippen molar-refractivity contribution in [1.29, 1.82) is 0 Å². The SMILES string of the molecule is CC(C)n1c(SCc2ncc(-c3cccc(Cl)c3)o2)nc2ccccc2c1=O. The summed E-state index contributed by atoms with van der Waals surface area (Å²) in [5, 5.41) is 1.92. The topological polar surface area (TPSA) is 60.9 Å². The van der Waals surface area contributed by atoms with Gasteiger partial charge >= 0.3 is 0 Å². The molecule has 5 nitrogen and oxygen atoms in total. The molecule has 0 aliphatic heterocycles. The number of benzene rings is 2. The van der Waals surface area contributed by atoms with Crippen molar-refractivity contribution in [2.75, 3.05) is 0 Å². The van der Waals surface area contributed by atoms with Crippen molar-refractivity contribution in [1.82, 2.24) is 14.5 Å². The first-order valence-corrected chi connectivity index (χ1v) is 10.2. The van der Waals surface area contributed by atoms with Gasteiger partial charge in [-0.25, -0.2) is 9.97 Å². The van der Waals surface area contributed by atoms with E-state index in [-0.39, 0.29) is 11.6 Å². The lowest BCUT2D eigenvalue weighted by molar-refractivity contribution is 0.514. The van der Waals surface area contributed by atoms with Crippen molar-refractivity contribution >= 4 is 34.3 Å². The molecule has 0 saturated heterocycles. The Morgan fingerprint density at radius 1 is 1.18 bits per heavy atom. The van der Waals surface area contributed by atoms with E-state index in [0.29, 0.717) is 38.5 Å². The number of thioether (sulfide) groups is 1. The second-order valence-corrected chi connectivity index (χ2v) is 7.98. The summed E-state index contributed by atoms with van der Waals surface area (Å²) >= 11 is 7.48. The van der Waals surface area contributed by atoms with Gasteiger partial charge in [0.25, 0.3) is 5.56 Å². The van der Waals surface area contributed by atoms with E-state index in [9.17, 15) is 4.79 Å². The third-order valence-electron chi connectivity index (χ3n) is 4.28. The van der Waals surface area contributed by atoms with E-state index in [1.54, 1.807) is 10.8 Å². The van der Waals surface area contributed by atoms with Crippen LogP contribution in [0.15, 0.2) is 69.1 Å². The molecule has 2 aromatic carbocycles. The molecule has 28 heavy (non-hydrogen) atoms. The zero-order chi connectivity index (χ0) is 19.7. The van der Waals surface area contributed by atoms with Crippen LogP contribution >= 0.6 is 23.4 Å². The normalized spacial score (nSPS) is 11.4. The van der Waals surface area contributed by atoms with Gasteiger partial charge < -0.3 is 4.42 Å². The maximum Gasteiger partial charge on any atom is 0.262 e. The summed E-state index contributed by atoms with van der Waals surface area (Å²) in [6, 6.07) is 14.8. The highest BCUT2D eigenvalue weighted by Gasteiger charge is 2.15. The summed E-state index contributed by atoms with van der Waals surface area (Å²) in [5.74, 6) is 1.70. The lowest BCUT2D eigenvalue weighted by Crippen LogP contribution is -2.25. The highest BCUT2D eigenvalue weighted by molar-refractivity contribution is 7.98. The van der Waals surface area contributed by atoms with E-state index in [2.05, 4.69) is 9.97 Å². The molecule has 0 fully saturated rings. The minimum atomic E-state index is -0.0323. The minimum absolute atomic E-state index is 0.00121. The van der Waals surface area contributed by atoms with Crippen LogP contribution in [0.4, 0.5) is 0 Å². The van der Waals surface area contributed by atoms with Crippen molar-refractivity contribution in [2.24, 2.45) is 0 Å². The van der Waals surface area contributed by atoms with Crippen LogP contribution in [0.5, 0.6) is 0 Å². The smallest absolute Gasteiger partial charge is 0.262 e. The second-order valence-electron chi connectivity index (χ2n) is 6.60. The lowest BCUT2D eigenvalue weighted by atomic mass is 10.2. The van der Waals surface area contributed by atoms with Gasteiger partial charge in [-0.05, 0) is 38.1 Å². The van der Waals surface area contributed by atoms with Crippen LogP contribution in [0.3, 0.4) is 0 Å². The van der Waals surface area contributed by atoms with Crippen LogP contribution in [-0.4, -0.2) is 14.5 Å². The van der Waals surface area contributed by atoms with Crippen LogP contribution in [-0.2, 0) is 5.75 Å². The number of rotatable bonds is 5. The highest BCUT2D eigenvalue weighted by atomic mass is 35.5. The van der Waals surface area contributed by atoms with Crippen LogP contribution in [0, 0.1) is 0 Å². The fourth-order valence-corrected chi connectivity index (χ4v) is 4.13. The standard InChI is InChI=1S/C21H18ClN3O2S/c1-13(2)25-20(26)16-8-3-4-9-17(16)24-21(25)28-12-19-23-11-18(27-19)14-6-5-7-15(22)10-14/h3-11,13H,12H2,1-2H3. The Labute approximate surface area is 171 Å². The summed E-state index contributed by atoms with van der Waals surface area (Å²) in [6.45, 7) is 3.95. The number of fused-ring (bicyclic) bond motifs is 1. The number of oxazole rings is 1. The molecule has 142 valence electrons. The molecule has 0 amide bonds. The molecular weight excluding hydrogens is 394 g/mol. The predicted octanol–water partition coefficient (Wildman–Crippen LogP) is 5.58. The van der Waals surface area contributed by atoms with Gasteiger partial charge in [0, 0.05) is 16.6 Å².